The maximum Gasteiger partial charge on any atom is 0.240 e. The van der Waals surface area contributed by atoms with Gasteiger partial charge in [-0.1, -0.05) is 6.92 Å². The smallest absolute Gasteiger partial charge is 0.240 e. The molecule has 4 nitrogen and oxygen atoms in total. The largest absolute Gasteiger partial charge is 0.301 e. The number of carbonyl (C=O) groups excluding carboxylic acids is 1. The van der Waals surface area contributed by atoms with Crippen LogP contribution in [-0.2, 0) is 4.79 Å². The van der Waals surface area contributed by atoms with Gasteiger partial charge >= 0.3 is 0 Å². The summed E-state index contributed by atoms with van der Waals surface area (Å²) in [5, 5.41) is 5.31. The van der Waals surface area contributed by atoms with Crippen LogP contribution in [0.1, 0.15) is 19.8 Å². The quantitative estimate of drug-likeness (QED) is 0.929. The molecule has 1 aliphatic rings. The summed E-state index contributed by atoms with van der Waals surface area (Å²) in [5.41, 5.74) is 1.59. The van der Waals surface area contributed by atoms with Gasteiger partial charge in [-0.3, -0.25) is 9.69 Å². The van der Waals surface area contributed by atoms with Crippen molar-refractivity contribution in [3.8, 4) is 11.3 Å². The number of amides is 1. The summed E-state index contributed by atoms with van der Waals surface area (Å²) in [6.07, 6.45) is 2.39. The Kier molecular flexibility index (Phi) is 5.03. The predicted molar refractivity (Wildman–Crippen MR) is 91.0 cm³/mol. The van der Waals surface area contributed by atoms with Crippen LogP contribution in [-0.4, -0.2) is 35.4 Å². The Morgan fingerprint density at radius 3 is 2.96 bits per heavy atom. The lowest BCUT2D eigenvalue weighted by atomic mass is 10.0. The lowest BCUT2D eigenvalue weighted by Crippen LogP contribution is -2.39. The number of likely N-dealkylation sites (tertiary alicyclic amines) is 1. The molecule has 1 unspecified atom stereocenters. The van der Waals surface area contributed by atoms with Gasteiger partial charge in [0.25, 0.3) is 0 Å². The summed E-state index contributed by atoms with van der Waals surface area (Å²) in [7, 11) is 0. The molecule has 1 aliphatic heterocycles. The van der Waals surface area contributed by atoms with Gasteiger partial charge in [0.05, 0.1) is 12.2 Å². The summed E-state index contributed by atoms with van der Waals surface area (Å²) < 4.78 is 13.0. The van der Waals surface area contributed by atoms with Crippen LogP contribution >= 0.6 is 11.3 Å². The van der Waals surface area contributed by atoms with Crippen LogP contribution in [0, 0.1) is 11.7 Å². The molecule has 1 fully saturated rings. The van der Waals surface area contributed by atoms with Crippen molar-refractivity contribution in [2.45, 2.75) is 19.8 Å². The molecular formula is C17H20FN3OS. The second kappa shape index (κ2) is 7.19. The molecule has 23 heavy (non-hydrogen) atoms. The number of thiazole rings is 1. The topological polar surface area (TPSA) is 45.2 Å². The fourth-order valence-electron chi connectivity index (χ4n) is 2.88. The van der Waals surface area contributed by atoms with Gasteiger partial charge < -0.3 is 5.32 Å². The molecule has 1 amide bonds. The van der Waals surface area contributed by atoms with Crippen molar-refractivity contribution >= 4 is 22.4 Å². The molecule has 1 N–H and O–H groups in total. The van der Waals surface area contributed by atoms with E-state index in [4.69, 9.17) is 0 Å². The number of rotatable bonds is 4. The number of halogens is 1. The fraction of sp³-hybridized carbons (Fsp3) is 0.412. The lowest BCUT2D eigenvalue weighted by Gasteiger charge is -2.29. The molecule has 3 rings (SSSR count). The van der Waals surface area contributed by atoms with E-state index in [1.165, 1.54) is 29.9 Å². The van der Waals surface area contributed by atoms with Gasteiger partial charge in [0.2, 0.25) is 5.91 Å². The van der Waals surface area contributed by atoms with Gasteiger partial charge in [-0.05, 0) is 49.6 Å². The molecule has 2 heterocycles. The van der Waals surface area contributed by atoms with E-state index < -0.39 is 0 Å². The molecule has 1 saturated heterocycles. The van der Waals surface area contributed by atoms with Gasteiger partial charge in [-0.25, -0.2) is 9.37 Å². The Hall–Kier alpha value is -1.79. The molecule has 0 aliphatic carbocycles. The molecule has 0 radical (unpaired) electrons. The van der Waals surface area contributed by atoms with Crippen LogP contribution in [0.15, 0.2) is 29.6 Å². The number of aromatic nitrogens is 1. The minimum atomic E-state index is -0.270. The minimum absolute atomic E-state index is 0.0286. The second-order valence-corrected chi connectivity index (χ2v) is 6.93. The standard InChI is InChI=1S/C17H20FN3OS/c1-12-3-2-8-21(9-12)10-16(22)20-17-19-15(11-23-17)13-4-6-14(18)7-5-13/h4-7,11-12H,2-3,8-10H2,1H3,(H,19,20,22). The van der Waals surface area contributed by atoms with Crippen molar-refractivity contribution in [2.24, 2.45) is 5.92 Å². The Balaban J connectivity index is 1.58. The number of anilines is 1. The van der Waals surface area contributed by atoms with Gasteiger partial charge in [0, 0.05) is 17.5 Å². The first kappa shape index (κ1) is 16.1. The molecule has 0 saturated carbocycles. The van der Waals surface area contributed by atoms with E-state index in [0.29, 0.717) is 17.6 Å². The summed E-state index contributed by atoms with van der Waals surface area (Å²) in [6.45, 7) is 4.60. The zero-order valence-corrected chi connectivity index (χ0v) is 13.9. The average molecular weight is 333 g/mol. The molecule has 1 aromatic heterocycles. The number of carbonyl (C=O) groups is 1. The summed E-state index contributed by atoms with van der Waals surface area (Å²) in [4.78, 5) is 18.7. The van der Waals surface area contributed by atoms with Crippen molar-refractivity contribution in [3.05, 3.63) is 35.5 Å². The molecule has 122 valence electrons. The fourth-order valence-corrected chi connectivity index (χ4v) is 3.61. The molecule has 0 spiro atoms. The van der Waals surface area contributed by atoms with Gasteiger partial charge in [0.15, 0.2) is 5.13 Å². The van der Waals surface area contributed by atoms with Gasteiger partial charge in [-0.15, -0.1) is 11.3 Å². The third-order valence-electron chi connectivity index (χ3n) is 4.00. The predicted octanol–water partition coefficient (Wildman–Crippen LogP) is 3.62. The summed E-state index contributed by atoms with van der Waals surface area (Å²) in [5.74, 6) is 0.355. The van der Waals surface area contributed by atoms with E-state index in [0.717, 1.165) is 30.8 Å². The minimum Gasteiger partial charge on any atom is -0.301 e. The summed E-state index contributed by atoms with van der Waals surface area (Å²) in [6, 6.07) is 6.19. The number of benzene rings is 1. The Bertz CT molecular complexity index is 671. The van der Waals surface area contributed by atoms with Crippen molar-refractivity contribution in [1.82, 2.24) is 9.88 Å². The Labute approximate surface area is 139 Å². The highest BCUT2D eigenvalue weighted by molar-refractivity contribution is 7.14. The highest BCUT2D eigenvalue weighted by Crippen LogP contribution is 2.25. The maximum absolute atomic E-state index is 13.0. The molecule has 1 aromatic carbocycles. The normalized spacial score (nSPS) is 18.8. The van der Waals surface area contributed by atoms with Crippen LogP contribution in [0.3, 0.4) is 0 Å². The van der Waals surface area contributed by atoms with E-state index in [1.807, 2.05) is 5.38 Å². The highest BCUT2D eigenvalue weighted by atomic mass is 32.1. The number of nitrogens with zero attached hydrogens (tertiary/aromatic N) is 2. The van der Waals surface area contributed by atoms with Crippen LogP contribution in [0.25, 0.3) is 11.3 Å². The molecule has 2 aromatic rings. The Morgan fingerprint density at radius 2 is 2.22 bits per heavy atom. The zero-order valence-electron chi connectivity index (χ0n) is 13.1. The monoisotopic (exact) mass is 333 g/mol. The third-order valence-corrected chi connectivity index (χ3v) is 4.76. The van der Waals surface area contributed by atoms with Crippen molar-refractivity contribution in [3.63, 3.8) is 0 Å². The summed E-state index contributed by atoms with van der Waals surface area (Å²) >= 11 is 1.38. The Morgan fingerprint density at radius 1 is 1.43 bits per heavy atom. The zero-order chi connectivity index (χ0) is 16.2. The first-order chi connectivity index (χ1) is 11.1. The number of hydrogen-bond donors (Lipinski definition) is 1. The SMILES string of the molecule is CC1CCCN(CC(=O)Nc2nc(-c3ccc(F)cc3)cs2)C1. The van der Waals surface area contributed by atoms with Gasteiger partial charge in [-0.2, -0.15) is 0 Å². The average Bonchev–Trinajstić information content (AvgIpc) is 2.96. The van der Waals surface area contributed by atoms with E-state index >= 15 is 0 Å². The van der Waals surface area contributed by atoms with Crippen LogP contribution in [0.5, 0.6) is 0 Å². The molecular weight excluding hydrogens is 313 g/mol. The van der Waals surface area contributed by atoms with E-state index in [-0.39, 0.29) is 11.7 Å². The van der Waals surface area contributed by atoms with Crippen molar-refractivity contribution < 1.29 is 9.18 Å². The van der Waals surface area contributed by atoms with Crippen molar-refractivity contribution in [1.29, 1.82) is 0 Å². The number of piperidine rings is 1. The molecule has 0 bridgehead atoms. The lowest BCUT2D eigenvalue weighted by molar-refractivity contribution is -0.117. The molecule has 1 atom stereocenters. The maximum atomic E-state index is 13.0. The van der Waals surface area contributed by atoms with Crippen LogP contribution in [0.4, 0.5) is 9.52 Å². The molecule has 6 heteroatoms. The third kappa shape index (κ3) is 4.36. The van der Waals surface area contributed by atoms with E-state index in [9.17, 15) is 9.18 Å². The number of nitrogens with one attached hydrogen (secondary N) is 1. The number of hydrogen-bond acceptors (Lipinski definition) is 4. The van der Waals surface area contributed by atoms with Gasteiger partial charge in [0.1, 0.15) is 5.82 Å². The van der Waals surface area contributed by atoms with Crippen LogP contribution in [0.2, 0.25) is 0 Å². The first-order valence-electron chi connectivity index (χ1n) is 7.84. The van der Waals surface area contributed by atoms with E-state index in [2.05, 4.69) is 22.1 Å². The first-order valence-corrected chi connectivity index (χ1v) is 8.72. The highest BCUT2D eigenvalue weighted by Gasteiger charge is 2.19. The van der Waals surface area contributed by atoms with Crippen molar-refractivity contribution in [2.75, 3.05) is 25.0 Å². The van der Waals surface area contributed by atoms with Crippen LogP contribution < -0.4 is 5.32 Å². The van der Waals surface area contributed by atoms with E-state index in [1.54, 1.807) is 12.1 Å². The second-order valence-electron chi connectivity index (χ2n) is 6.08.